The standard InChI is InChI=1S/C14H21NO3/c1-14(2,3)10-5-6-12(16)9(7-10)8-11(15)13(17)18-4/h5-7,11,16H,8,15H2,1-4H3/t11-/m1/s1. The van der Waals surface area contributed by atoms with E-state index in [4.69, 9.17) is 5.73 Å². The third kappa shape index (κ3) is 3.47. The average molecular weight is 251 g/mol. The van der Waals surface area contributed by atoms with Crippen LogP contribution in [-0.2, 0) is 21.4 Å². The van der Waals surface area contributed by atoms with E-state index in [2.05, 4.69) is 25.5 Å². The first-order valence-electron chi connectivity index (χ1n) is 5.91. The molecule has 0 saturated heterocycles. The van der Waals surface area contributed by atoms with Gasteiger partial charge in [0.25, 0.3) is 0 Å². The predicted molar refractivity (Wildman–Crippen MR) is 70.5 cm³/mol. The fourth-order valence-electron chi connectivity index (χ4n) is 1.69. The van der Waals surface area contributed by atoms with Crippen LogP contribution in [0.25, 0.3) is 0 Å². The van der Waals surface area contributed by atoms with Crippen LogP contribution in [0.2, 0.25) is 0 Å². The predicted octanol–water partition coefficient (Wildman–Crippen LogP) is 1.73. The molecule has 0 aliphatic heterocycles. The highest BCUT2D eigenvalue weighted by molar-refractivity contribution is 5.75. The lowest BCUT2D eigenvalue weighted by molar-refractivity contribution is -0.142. The molecule has 0 unspecified atom stereocenters. The van der Waals surface area contributed by atoms with Crippen LogP contribution in [0.1, 0.15) is 31.9 Å². The highest BCUT2D eigenvalue weighted by Crippen LogP contribution is 2.27. The topological polar surface area (TPSA) is 72.5 Å². The van der Waals surface area contributed by atoms with Crippen LogP contribution in [0.3, 0.4) is 0 Å². The van der Waals surface area contributed by atoms with Crippen molar-refractivity contribution in [1.29, 1.82) is 0 Å². The molecule has 0 radical (unpaired) electrons. The van der Waals surface area contributed by atoms with Crippen LogP contribution >= 0.6 is 0 Å². The summed E-state index contributed by atoms with van der Waals surface area (Å²) in [5, 5.41) is 9.80. The molecular weight excluding hydrogens is 230 g/mol. The van der Waals surface area contributed by atoms with Crippen LogP contribution in [0.4, 0.5) is 0 Å². The van der Waals surface area contributed by atoms with Crippen molar-refractivity contribution in [2.24, 2.45) is 5.73 Å². The van der Waals surface area contributed by atoms with Crippen molar-refractivity contribution >= 4 is 5.97 Å². The molecule has 0 fully saturated rings. The van der Waals surface area contributed by atoms with E-state index < -0.39 is 12.0 Å². The molecule has 1 aromatic rings. The molecule has 0 spiro atoms. The van der Waals surface area contributed by atoms with Gasteiger partial charge in [0.2, 0.25) is 0 Å². The zero-order valence-corrected chi connectivity index (χ0v) is 11.4. The average Bonchev–Trinajstić information content (AvgIpc) is 2.29. The van der Waals surface area contributed by atoms with Crippen LogP contribution < -0.4 is 5.73 Å². The molecule has 4 nitrogen and oxygen atoms in total. The Balaban J connectivity index is 2.98. The molecular formula is C14H21NO3. The number of phenolic OH excluding ortho intramolecular Hbond substituents is 1. The van der Waals surface area contributed by atoms with Gasteiger partial charge in [-0.05, 0) is 22.6 Å². The number of hydrogen-bond acceptors (Lipinski definition) is 4. The number of aromatic hydroxyl groups is 1. The minimum atomic E-state index is -0.754. The number of ether oxygens (including phenoxy) is 1. The number of hydrogen-bond donors (Lipinski definition) is 2. The smallest absolute Gasteiger partial charge is 0.322 e. The fraction of sp³-hybridized carbons (Fsp3) is 0.500. The monoisotopic (exact) mass is 251 g/mol. The Bertz CT molecular complexity index is 435. The van der Waals surface area contributed by atoms with Crippen molar-refractivity contribution in [3.05, 3.63) is 29.3 Å². The van der Waals surface area contributed by atoms with Gasteiger partial charge in [0, 0.05) is 6.42 Å². The van der Waals surface area contributed by atoms with Gasteiger partial charge >= 0.3 is 5.97 Å². The van der Waals surface area contributed by atoms with Crippen molar-refractivity contribution in [3.63, 3.8) is 0 Å². The van der Waals surface area contributed by atoms with Gasteiger partial charge in [-0.2, -0.15) is 0 Å². The highest BCUT2D eigenvalue weighted by Gasteiger charge is 2.19. The maximum atomic E-state index is 11.3. The van der Waals surface area contributed by atoms with Crippen LogP contribution in [0.15, 0.2) is 18.2 Å². The van der Waals surface area contributed by atoms with Gasteiger partial charge in [0.1, 0.15) is 11.8 Å². The Morgan fingerprint density at radius 1 is 1.44 bits per heavy atom. The number of carbonyl (C=O) groups excluding carboxylic acids is 1. The SMILES string of the molecule is COC(=O)[C@H](N)Cc1cc(C(C)(C)C)ccc1O. The molecule has 0 aliphatic carbocycles. The summed E-state index contributed by atoms with van der Waals surface area (Å²) < 4.78 is 4.58. The van der Waals surface area contributed by atoms with Gasteiger partial charge in [0.05, 0.1) is 7.11 Å². The van der Waals surface area contributed by atoms with Gasteiger partial charge in [-0.15, -0.1) is 0 Å². The minimum absolute atomic E-state index is 0.0161. The van der Waals surface area contributed by atoms with Gasteiger partial charge in [0.15, 0.2) is 0 Å². The lowest BCUT2D eigenvalue weighted by Gasteiger charge is -2.21. The van der Waals surface area contributed by atoms with Gasteiger partial charge in [-0.25, -0.2) is 0 Å². The van der Waals surface area contributed by atoms with E-state index >= 15 is 0 Å². The molecule has 1 rings (SSSR count). The van der Waals surface area contributed by atoms with E-state index in [-0.39, 0.29) is 17.6 Å². The Morgan fingerprint density at radius 3 is 2.56 bits per heavy atom. The van der Waals surface area contributed by atoms with Gasteiger partial charge in [-0.3, -0.25) is 4.79 Å². The quantitative estimate of drug-likeness (QED) is 0.802. The fourth-order valence-corrected chi connectivity index (χ4v) is 1.69. The first kappa shape index (κ1) is 14.5. The zero-order valence-electron chi connectivity index (χ0n) is 11.4. The third-order valence-electron chi connectivity index (χ3n) is 2.89. The first-order valence-corrected chi connectivity index (χ1v) is 5.91. The second-order valence-corrected chi connectivity index (χ2v) is 5.43. The lowest BCUT2D eigenvalue weighted by atomic mass is 9.85. The molecule has 100 valence electrons. The molecule has 3 N–H and O–H groups in total. The molecule has 1 aromatic carbocycles. The Labute approximate surface area is 108 Å². The van der Waals surface area contributed by atoms with E-state index in [1.165, 1.54) is 7.11 Å². The lowest BCUT2D eigenvalue weighted by Crippen LogP contribution is -2.33. The largest absolute Gasteiger partial charge is 0.508 e. The summed E-state index contributed by atoms with van der Waals surface area (Å²) in [7, 11) is 1.30. The normalized spacial score (nSPS) is 13.2. The summed E-state index contributed by atoms with van der Waals surface area (Å²) in [6, 6.07) is 4.65. The van der Waals surface area contributed by atoms with Gasteiger partial charge in [-0.1, -0.05) is 32.9 Å². The molecule has 0 aromatic heterocycles. The number of methoxy groups -OCH3 is 1. The number of benzene rings is 1. The van der Waals surface area contributed by atoms with E-state index in [9.17, 15) is 9.90 Å². The van der Waals surface area contributed by atoms with Crippen LogP contribution in [0, 0.1) is 0 Å². The van der Waals surface area contributed by atoms with Crippen molar-refractivity contribution in [1.82, 2.24) is 0 Å². The van der Waals surface area contributed by atoms with E-state index in [1.807, 2.05) is 12.1 Å². The molecule has 1 atom stereocenters. The zero-order chi connectivity index (χ0) is 13.9. The van der Waals surface area contributed by atoms with E-state index in [0.29, 0.717) is 5.56 Å². The maximum Gasteiger partial charge on any atom is 0.322 e. The van der Waals surface area contributed by atoms with Gasteiger partial charge < -0.3 is 15.6 Å². The number of nitrogens with two attached hydrogens (primary N) is 1. The Hall–Kier alpha value is -1.55. The number of rotatable bonds is 3. The molecule has 4 heteroatoms. The Morgan fingerprint density at radius 2 is 2.06 bits per heavy atom. The first-order chi connectivity index (χ1) is 8.25. The number of esters is 1. The summed E-state index contributed by atoms with van der Waals surface area (Å²) in [6.45, 7) is 6.26. The van der Waals surface area contributed by atoms with Crippen molar-refractivity contribution < 1.29 is 14.6 Å². The molecule has 0 heterocycles. The number of carbonyl (C=O) groups is 1. The van der Waals surface area contributed by atoms with Crippen LogP contribution in [0.5, 0.6) is 5.75 Å². The van der Waals surface area contributed by atoms with E-state index in [0.717, 1.165) is 5.56 Å². The molecule has 18 heavy (non-hydrogen) atoms. The highest BCUT2D eigenvalue weighted by atomic mass is 16.5. The number of phenols is 1. The molecule has 0 aliphatic rings. The molecule has 0 amide bonds. The van der Waals surface area contributed by atoms with E-state index in [1.54, 1.807) is 6.07 Å². The summed E-state index contributed by atoms with van der Waals surface area (Å²) in [4.78, 5) is 11.3. The minimum Gasteiger partial charge on any atom is -0.508 e. The summed E-state index contributed by atoms with van der Waals surface area (Å²) >= 11 is 0. The third-order valence-corrected chi connectivity index (χ3v) is 2.89. The second-order valence-electron chi connectivity index (χ2n) is 5.43. The summed E-state index contributed by atoms with van der Waals surface area (Å²) in [5.41, 5.74) is 7.44. The molecule has 0 saturated carbocycles. The van der Waals surface area contributed by atoms with Crippen LogP contribution in [-0.4, -0.2) is 24.2 Å². The summed E-state index contributed by atoms with van der Waals surface area (Å²) in [5.74, 6) is -0.321. The maximum absolute atomic E-state index is 11.3. The Kier molecular flexibility index (Phi) is 4.35. The van der Waals surface area contributed by atoms with Crippen molar-refractivity contribution in [2.45, 2.75) is 38.6 Å². The molecule has 0 bridgehead atoms. The second kappa shape index (κ2) is 5.40. The van der Waals surface area contributed by atoms with Crippen molar-refractivity contribution in [2.75, 3.05) is 7.11 Å². The summed E-state index contributed by atoms with van der Waals surface area (Å²) in [6.07, 6.45) is 0.266. The van der Waals surface area contributed by atoms with Crippen molar-refractivity contribution in [3.8, 4) is 5.75 Å².